The van der Waals surface area contributed by atoms with E-state index >= 15 is 0 Å². The number of nitrogens with zero attached hydrogens (tertiary/aromatic N) is 2. The molecular formula is C26H25N3O5S. The number of hydrogen-bond acceptors (Lipinski definition) is 6. The molecule has 1 aromatic heterocycles. The molecule has 0 saturated carbocycles. The molecule has 0 spiro atoms. The van der Waals surface area contributed by atoms with Crippen LogP contribution in [-0.4, -0.2) is 43.7 Å². The van der Waals surface area contributed by atoms with Crippen molar-refractivity contribution in [3.63, 3.8) is 0 Å². The molecule has 0 fully saturated rings. The lowest BCUT2D eigenvalue weighted by Gasteiger charge is -2.12. The van der Waals surface area contributed by atoms with Gasteiger partial charge >= 0.3 is 5.97 Å². The van der Waals surface area contributed by atoms with Crippen LogP contribution < -0.4 is 4.72 Å². The summed E-state index contributed by atoms with van der Waals surface area (Å²) in [4.78, 5) is 29.2. The number of fused-ring (bicyclic) bond motifs is 2. The maximum Gasteiger partial charge on any atom is 0.328 e. The van der Waals surface area contributed by atoms with Crippen molar-refractivity contribution < 1.29 is 22.7 Å². The van der Waals surface area contributed by atoms with E-state index in [9.17, 15) is 18.0 Å². The summed E-state index contributed by atoms with van der Waals surface area (Å²) in [5.41, 5.74) is 6.37. The SMILES string of the molecule is Cc1cc(C(=O)COC(=O)CN=C2NS(=O)(=O)c3ccccc32)c(C)n1-c1ccc2c(c1)CCC2. The number of aromatic nitrogens is 1. The molecule has 0 unspecified atom stereocenters. The van der Waals surface area contributed by atoms with Gasteiger partial charge in [-0.05, 0) is 74.6 Å². The Labute approximate surface area is 203 Å². The van der Waals surface area contributed by atoms with Crippen molar-refractivity contribution in [3.05, 3.63) is 82.2 Å². The number of amidine groups is 1. The molecule has 0 bridgehead atoms. The van der Waals surface area contributed by atoms with Crippen molar-refractivity contribution in [1.29, 1.82) is 0 Å². The molecule has 2 aromatic carbocycles. The number of rotatable bonds is 6. The van der Waals surface area contributed by atoms with E-state index < -0.39 is 29.1 Å². The van der Waals surface area contributed by atoms with Gasteiger partial charge in [-0.1, -0.05) is 18.2 Å². The zero-order valence-electron chi connectivity index (χ0n) is 19.5. The van der Waals surface area contributed by atoms with Crippen molar-refractivity contribution >= 4 is 27.6 Å². The number of carbonyl (C=O) groups excluding carboxylic acids is 2. The van der Waals surface area contributed by atoms with E-state index in [2.05, 4.69) is 27.9 Å². The first kappa shape index (κ1) is 23.0. The smallest absolute Gasteiger partial charge is 0.328 e. The molecule has 1 N–H and O–H groups in total. The second-order valence-corrected chi connectivity index (χ2v) is 10.4. The van der Waals surface area contributed by atoms with Gasteiger partial charge in [-0.25, -0.2) is 8.42 Å². The number of Topliss-reactive ketones (excluding diaryl/α,β-unsaturated/α-hetero) is 1. The van der Waals surface area contributed by atoms with Gasteiger partial charge in [0.1, 0.15) is 12.4 Å². The molecule has 35 heavy (non-hydrogen) atoms. The second kappa shape index (κ2) is 8.81. The zero-order valence-corrected chi connectivity index (χ0v) is 20.3. The average molecular weight is 492 g/mol. The largest absolute Gasteiger partial charge is 0.456 e. The Morgan fingerprint density at radius 3 is 2.66 bits per heavy atom. The maximum absolute atomic E-state index is 12.8. The first-order chi connectivity index (χ1) is 16.7. The minimum absolute atomic E-state index is 0.0850. The van der Waals surface area contributed by atoms with Crippen LogP contribution in [0.4, 0.5) is 0 Å². The molecule has 9 heteroatoms. The van der Waals surface area contributed by atoms with E-state index in [1.165, 1.54) is 23.6 Å². The summed E-state index contributed by atoms with van der Waals surface area (Å²) in [7, 11) is -3.69. The van der Waals surface area contributed by atoms with E-state index in [1.54, 1.807) is 18.2 Å². The van der Waals surface area contributed by atoms with Gasteiger partial charge in [0.15, 0.2) is 6.61 Å². The topological polar surface area (TPSA) is 107 Å². The summed E-state index contributed by atoms with van der Waals surface area (Å²) < 4.78 is 33.8. The Kier molecular flexibility index (Phi) is 5.80. The average Bonchev–Trinajstić information content (AvgIpc) is 3.50. The minimum Gasteiger partial charge on any atom is -0.456 e. The van der Waals surface area contributed by atoms with E-state index in [-0.39, 0.29) is 16.5 Å². The molecule has 1 aliphatic heterocycles. The van der Waals surface area contributed by atoms with E-state index in [4.69, 9.17) is 4.74 Å². The number of nitrogens with one attached hydrogen (secondary N) is 1. The van der Waals surface area contributed by atoms with Crippen LogP contribution in [0.1, 0.15) is 44.9 Å². The van der Waals surface area contributed by atoms with Gasteiger partial charge in [0, 0.05) is 28.2 Å². The molecule has 2 aliphatic rings. The van der Waals surface area contributed by atoms with Crippen LogP contribution in [0, 0.1) is 13.8 Å². The second-order valence-electron chi connectivity index (χ2n) is 8.78. The Morgan fingerprint density at radius 1 is 1.06 bits per heavy atom. The highest BCUT2D eigenvalue weighted by molar-refractivity contribution is 7.90. The van der Waals surface area contributed by atoms with E-state index in [0.717, 1.165) is 29.9 Å². The minimum atomic E-state index is -3.69. The Hall–Kier alpha value is -3.72. The van der Waals surface area contributed by atoms with Gasteiger partial charge in [0.25, 0.3) is 10.0 Å². The summed E-state index contributed by atoms with van der Waals surface area (Å²) in [6.45, 7) is 3.00. The maximum atomic E-state index is 12.8. The van der Waals surface area contributed by atoms with Crippen molar-refractivity contribution in [2.45, 2.75) is 38.0 Å². The predicted molar refractivity (Wildman–Crippen MR) is 131 cm³/mol. The van der Waals surface area contributed by atoms with Crippen molar-refractivity contribution in [2.24, 2.45) is 4.99 Å². The summed E-state index contributed by atoms with van der Waals surface area (Å²) in [5.74, 6) is -0.943. The third kappa shape index (κ3) is 4.27. The third-order valence-corrected chi connectivity index (χ3v) is 7.86. The Morgan fingerprint density at radius 2 is 1.83 bits per heavy atom. The number of aliphatic imine (C=N–C) groups is 1. The van der Waals surface area contributed by atoms with Crippen molar-refractivity contribution in [3.8, 4) is 5.69 Å². The number of sulfonamides is 1. The number of aryl methyl sites for hydroxylation is 3. The van der Waals surface area contributed by atoms with Gasteiger partial charge in [-0.3, -0.25) is 19.3 Å². The fraction of sp³-hybridized carbons (Fsp3) is 0.269. The Balaban J connectivity index is 1.25. The van der Waals surface area contributed by atoms with Crippen molar-refractivity contribution in [2.75, 3.05) is 13.2 Å². The summed E-state index contributed by atoms with van der Waals surface area (Å²) in [6, 6.07) is 14.6. The third-order valence-electron chi connectivity index (χ3n) is 6.47. The highest BCUT2D eigenvalue weighted by atomic mass is 32.2. The van der Waals surface area contributed by atoms with Crippen molar-refractivity contribution in [1.82, 2.24) is 9.29 Å². The molecule has 1 aliphatic carbocycles. The monoisotopic (exact) mass is 491 g/mol. The lowest BCUT2D eigenvalue weighted by atomic mass is 10.1. The summed E-state index contributed by atoms with van der Waals surface area (Å²) in [6.07, 6.45) is 3.35. The standard InChI is InChI=1S/C26H25N3O5S/c1-16-12-22(17(2)29(16)20-11-10-18-6-5-7-19(18)13-20)23(30)15-34-25(31)14-27-26-21-8-3-4-9-24(21)35(32,33)28-26/h3-4,8-13H,5-7,14-15H2,1-2H3,(H,27,28). The highest BCUT2D eigenvalue weighted by Gasteiger charge is 2.30. The first-order valence-corrected chi connectivity index (χ1v) is 12.9. The molecule has 2 heterocycles. The van der Waals surface area contributed by atoms with Crippen LogP contribution in [-0.2, 0) is 32.4 Å². The quantitative estimate of drug-likeness (QED) is 0.421. The number of ketones is 1. The number of ether oxygens (including phenoxy) is 1. The van der Waals surface area contributed by atoms with Gasteiger partial charge in [0.05, 0.1) is 4.90 Å². The molecule has 180 valence electrons. The van der Waals surface area contributed by atoms with Crippen LogP contribution in [0.2, 0.25) is 0 Å². The molecule has 8 nitrogen and oxygen atoms in total. The van der Waals surface area contributed by atoms with Crippen LogP contribution >= 0.6 is 0 Å². The van der Waals surface area contributed by atoms with Gasteiger partial charge < -0.3 is 9.30 Å². The van der Waals surface area contributed by atoms with E-state index in [1.807, 2.05) is 24.5 Å². The predicted octanol–water partition coefficient (Wildman–Crippen LogP) is 3.05. The summed E-state index contributed by atoms with van der Waals surface area (Å²) >= 11 is 0. The fourth-order valence-corrected chi connectivity index (χ4v) is 6.06. The van der Waals surface area contributed by atoms with Gasteiger partial charge in [-0.2, -0.15) is 0 Å². The number of hydrogen-bond donors (Lipinski definition) is 1. The van der Waals surface area contributed by atoms with Crippen LogP contribution in [0.25, 0.3) is 5.69 Å². The van der Waals surface area contributed by atoms with Crippen LogP contribution in [0.3, 0.4) is 0 Å². The van der Waals surface area contributed by atoms with E-state index in [0.29, 0.717) is 11.1 Å². The van der Waals surface area contributed by atoms with Gasteiger partial charge in [0.2, 0.25) is 5.78 Å². The van der Waals surface area contributed by atoms with Gasteiger partial charge in [-0.15, -0.1) is 0 Å². The number of esters is 1. The van der Waals surface area contributed by atoms with Crippen LogP contribution in [0.5, 0.6) is 0 Å². The molecule has 0 saturated heterocycles. The van der Waals surface area contributed by atoms with Crippen LogP contribution in [0.15, 0.2) is 58.4 Å². The normalized spacial score (nSPS) is 16.6. The lowest BCUT2D eigenvalue weighted by Crippen LogP contribution is -2.24. The first-order valence-electron chi connectivity index (χ1n) is 11.4. The molecule has 3 aromatic rings. The molecule has 0 amide bonds. The molecule has 5 rings (SSSR count). The molecule has 0 atom stereocenters. The number of benzene rings is 2. The lowest BCUT2D eigenvalue weighted by molar-refractivity contribution is -0.140. The Bertz CT molecular complexity index is 1500. The number of carbonyl (C=O) groups is 2. The fourth-order valence-electron chi connectivity index (χ4n) is 4.80. The zero-order chi connectivity index (χ0) is 24.7. The highest BCUT2D eigenvalue weighted by Crippen LogP contribution is 2.27. The molecule has 0 radical (unpaired) electrons. The summed E-state index contributed by atoms with van der Waals surface area (Å²) in [5, 5.41) is 0. The molecular weight excluding hydrogens is 466 g/mol.